The van der Waals surface area contributed by atoms with Gasteiger partial charge in [-0.1, -0.05) is 18.2 Å². The van der Waals surface area contributed by atoms with Crippen LogP contribution in [0.1, 0.15) is 104 Å². The van der Waals surface area contributed by atoms with Gasteiger partial charge < -0.3 is 73.5 Å². The van der Waals surface area contributed by atoms with E-state index in [2.05, 4.69) is 110 Å². The number of aromatic amines is 3. The summed E-state index contributed by atoms with van der Waals surface area (Å²) in [5.41, 5.74) is 12.3. The van der Waals surface area contributed by atoms with Crippen molar-refractivity contribution in [1.82, 2.24) is 99.4 Å². The number of hydrogen-bond donors (Lipinski definition) is 4. The number of carbonyl (C=O) groups is 5. The van der Waals surface area contributed by atoms with E-state index in [1.54, 1.807) is 37.2 Å². The number of piperazine rings is 3. The van der Waals surface area contributed by atoms with Gasteiger partial charge in [-0.2, -0.15) is 0 Å². The van der Waals surface area contributed by atoms with Crippen LogP contribution in [0.2, 0.25) is 0 Å². The van der Waals surface area contributed by atoms with Crippen LogP contribution in [0.25, 0.3) is 66.9 Å². The van der Waals surface area contributed by atoms with E-state index in [4.69, 9.17) is 33.9 Å². The first-order valence-corrected chi connectivity index (χ1v) is 40.8. The molecule has 608 valence electrons. The van der Waals surface area contributed by atoms with E-state index in [9.17, 15) is 24.0 Å². The number of ether oxygens (including phenoxy) is 4. The average molecular weight is 1590 g/mol. The van der Waals surface area contributed by atoms with Crippen LogP contribution in [-0.2, 0) is 33.6 Å². The van der Waals surface area contributed by atoms with E-state index in [1.165, 1.54) is 0 Å². The molecule has 9 aromatic heterocycles. The molecule has 0 aliphatic carbocycles. The van der Waals surface area contributed by atoms with E-state index >= 15 is 0 Å². The monoisotopic (exact) mass is 1590 g/mol. The van der Waals surface area contributed by atoms with Crippen LogP contribution in [0.3, 0.4) is 0 Å². The van der Waals surface area contributed by atoms with Crippen molar-refractivity contribution >= 4 is 62.2 Å². The zero-order valence-electron chi connectivity index (χ0n) is 66.9. The maximum atomic E-state index is 13.0. The molecule has 4 N–H and O–H groups in total. The van der Waals surface area contributed by atoms with Crippen LogP contribution in [0.4, 0.5) is 0 Å². The van der Waals surface area contributed by atoms with Gasteiger partial charge in [-0.3, -0.25) is 38.9 Å². The number of H-pyrrole nitrogens is 3. The van der Waals surface area contributed by atoms with Crippen LogP contribution >= 0.6 is 0 Å². The van der Waals surface area contributed by atoms with Crippen molar-refractivity contribution < 1.29 is 42.9 Å². The quantitative estimate of drug-likeness (QED) is 0.0459. The molecule has 118 heavy (non-hydrogen) atoms. The van der Waals surface area contributed by atoms with Gasteiger partial charge in [0.05, 0.1) is 54.0 Å². The summed E-state index contributed by atoms with van der Waals surface area (Å²) >= 11 is 0. The van der Waals surface area contributed by atoms with Crippen LogP contribution in [0.5, 0.6) is 17.2 Å². The maximum absolute atomic E-state index is 13.0. The summed E-state index contributed by atoms with van der Waals surface area (Å²) in [6.45, 7) is 14.5. The Bertz CT molecular complexity index is 5550. The highest BCUT2D eigenvalue weighted by Crippen LogP contribution is 2.30. The highest BCUT2D eigenvalue weighted by Gasteiger charge is 2.28. The minimum atomic E-state index is 0.0454. The van der Waals surface area contributed by atoms with Crippen molar-refractivity contribution in [2.24, 2.45) is 5.92 Å². The molecular formula is C89H98N20O9. The molecule has 0 bridgehead atoms. The second-order valence-corrected chi connectivity index (χ2v) is 31.2. The number of carbonyl (C=O) groups excluding carboxylic acids is 5. The number of nitrogens with one attached hydrogen (secondary N) is 4. The lowest BCUT2D eigenvalue weighted by molar-refractivity contribution is -0.127. The molecule has 29 nitrogen and oxygen atoms in total. The molecule has 5 amide bonds. The summed E-state index contributed by atoms with van der Waals surface area (Å²) in [6, 6.07) is 41.0. The first kappa shape index (κ1) is 79.4. The van der Waals surface area contributed by atoms with E-state index < -0.39 is 0 Å². The minimum Gasteiger partial charge on any atom is -0.493 e. The molecule has 6 aliphatic rings. The molecule has 6 aliphatic heterocycles. The number of pyridine rings is 3. The average Bonchev–Trinajstić information content (AvgIpc) is 1.64. The Morgan fingerprint density at radius 3 is 1.29 bits per heavy atom. The Kier molecular flexibility index (Phi) is 25.0. The molecule has 12 aromatic rings. The molecule has 6 saturated heterocycles. The number of likely N-dealkylation sites (N-methyl/N-ethyl adjacent to an activating group) is 3. The van der Waals surface area contributed by atoms with E-state index in [0.717, 1.165) is 202 Å². The van der Waals surface area contributed by atoms with Crippen molar-refractivity contribution in [3.8, 4) is 51.4 Å². The predicted octanol–water partition coefficient (Wildman–Crippen LogP) is 9.46. The number of benzene rings is 3. The number of hydrogen-bond acceptors (Lipinski definition) is 21. The van der Waals surface area contributed by atoms with Gasteiger partial charge in [-0.15, -0.1) is 0 Å². The SMILES string of the molecule is CN1CCN(C(=O)c2cc3cc(Cc4nccc(-c5cc(OC6CCCOC6)ccn5)n4)ccc3[nH]2)CC1.CN1CCN(C(=O)c2cc3cc(Cc4nccc(-c5cc(OCC6CNC(=O)C6)ccn5)n4)ccc3[nH]2)CC1.CN1CCN(C(=O)c2cc3cc(Cc4nccc(-c5cc(OCCCN6CCCC6=O)ccn5)n4)ccc3[nH]2)CC1. The van der Waals surface area contributed by atoms with Gasteiger partial charge in [0.1, 0.15) is 57.9 Å². The van der Waals surface area contributed by atoms with Crippen LogP contribution < -0.4 is 19.5 Å². The predicted molar refractivity (Wildman–Crippen MR) is 446 cm³/mol. The number of likely N-dealkylation sites (tertiary alicyclic amines) is 1. The largest absolute Gasteiger partial charge is 0.493 e. The normalized spacial score (nSPS) is 17.5. The summed E-state index contributed by atoms with van der Waals surface area (Å²) in [5.74, 6) is 4.91. The standard InChI is InChI=1S/C31H35N7O3.C29H31N7O3.C29H32N6O3/c1-36-13-15-38(16-14-36)31(40)28-20-23-18-22(5-6-25(23)34-28)19-29-33-10-8-26(35-29)27-21-24(7-9-32-27)41-17-3-12-37-11-2-4-30(37)39;1-35-8-10-36(11-9-35)29(38)26-15-21-12-19(2-3-23(21)33-26)13-27-31-7-5-24(34-27)25-16-22(4-6-30-25)39-18-20-14-28(37)32-17-20;1-34-10-12-35(13-11-34)29(36)27-17-21-15-20(4-5-24(21)32-27)16-28-31-9-7-25(33-28)26-18-22(6-8-30-26)38-23-3-2-14-37-19-23/h5-10,18,20-21,34H,2-4,11-17,19H2,1H3;2-7,12,15-16,20,33H,8-11,13-14,17-18H2,1H3,(H,32,37);4-9,15,17-18,23,32H,2-3,10-14,16,19H2,1H3. The zero-order valence-corrected chi connectivity index (χ0v) is 66.9. The maximum Gasteiger partial charge on any atom is 0.270 e. The first-order valence-electron chi connectivity index (χ1n) is 40.8. The van der Waals surface area contributed by atoms with Gasteiger partial charge in [0.15, 0.2) is 0 Å². The summed E-state index contributed by atoms with van der Waals surface area (Å²) in [4.78, 5) is 128. The lowest BCUT2D eigenvalue weighted by atomic mass is 10.1. The Morgan fingerprint density at radius 1 is 0.458 bits per heavy atom. The second kappa shape index (κ2) is 37.2. The van der Waals surface area contributed by atoms with E-state index in [0.29, 0.717) is 116 Å². The Labute approximate surface area is 684 Å². The molecule has 0 spiro atoms. The third-order valence-corrected chi connectivity index (χ3v) is 22.3. The lowest BCUT2D eigenvalue weighted by Gasteiger charge is -2.32. The van der Waals surface area contributed by atoms with Gasteiger partial charge >= 0.3 is 0 Å². The Morgan fingerprint density at radius 2 is 0.881 bits per heavy atom. The molecule has 0 radical (unpaired) electrons. The molecule has 2 unspecified atom stereocenters. The van der Waals surface area contributed by atoms with Crippen molar-refractivity contribution in [3.05, 3.63) is 216 Å². The molecule has 2 atom stereocenters. The zero-order chi connectivity index (χ0) is 80.9. The Hall–Kier alpha value is -12.4. The number of rotatable bonds is 22. The van der Waals surface area contributed by atoms with Gasteiger partial charge in [0.2, 0.25) is 11.8 Å². The van der Waals surface area contributed by atoms with Gasteiger partial charge in [0, 0.05) is 231 Å². The van der Waals surface area contributed by atoms with Crippen molar-refractivity contribution in [2.75, 3.05) is 146 Å². The molecule has 3 aromatic carbocycles. The molecule has 18 rings (SSSR count). The lowest BCUT2D eigenvalue weighted by Crippen LogP contribution is -2.47. The van der Waals surface area contributed by atoms with Gasteiger partial charge in [0.25, 0.3) is 17.7 Å². The smallest absolute Gasteiger partial charge is 0.270 e. The first-order chi connectivity index (χ1) is 57.6. The van der Waals surface area contributed by atoms with Gasteiger partial charge in [-0.05, 0) is 155 Å². The molecule has 6 fully saturated rings. The summed E-state index contributed by atoms with van der Waals surface area (Å²) in [5, 5.41) is 5.83. The highest BCUT2D eigenvalue weighted by molar-refractivity contribution is 6.00. The number of nitrogens with zero attached hydrogens (tertiary/aromatic N) is 16. The fourth-order valence-corrected chi connectivity index (χ4v) is 15.5. The van der Waals surface area contributed by atoms with Gasteiger partial charge in [-0.25, -0.2) is 29.9 Å². The fourth-order valence-electron chi connectivity index (χ4n) is 15.5. The van der Waals surface area contributed by atoms with Crippen molar-refractivity contribution in [2.45, 2.75) is 63.9 Å². The Balaban J connectivity index is 0.000000132. The van der Waals surface area contributed by atoms with Crippen LogP contribution in [0, 0.1) is 5.92 Å². The number of aromatic nitrogens is 12. The van der Waals surface area contributed by atoms with E-state index in [1.807, 2.05) is 123 Å². The van der Waals surface area contributed by atoms with Crippen LogP contribution in [-0.4, -0.2) is 275 Å². The summed E-state index contributed by atoms with van der Waals surface area (Å²) in [7, 11) is 6.24. The third kappa shape index (κ3) is 20.3. The minimum absolute atomic E-state index is 0.0454. The molecule has 15 heterocycles. The third-order valence-electron chi connectivity index (χ3n) is 22.3. The molecule has 0 saturated carbocycles. The summed E-state index contributed by atoms with van der Waals surface area (Å²) in [6.07, 6.45) is 17.1. The number of amides is 5. The highest BCUT2D eigenvalue weighted by atomic mass is 16.5. The summed E-state index contributed by atoms with van der Waals surface area (Å²) < 4.78 is 23.5. The van der Waals surface area contributed by atoms with E-state index in [-0.39, 0.29) is 41.6 Å². The molecular weight excluding hydrogens is 1490 g/mol. The second-order valence-electron chi connectivity index (χ2n) is 31.2. The van der Waals surface area contributed by atoms with Crippen LogP contribution in [0.15, 0.2) is 165 Å². The number of fused-ring (bicyclic) bond motifs is 3. The molecule has 29 heteroatoms. The topological polar surface area (TPSA) is 320 Å². The van der Waals surface area contributed by atoms with Crippen molar-refractivity contribution in [1.29, 1.82) is 0 Å². The van der Waals surface area contributed by atoms with Crippen molar-refractivity contribution in [3.63, 3.8) is 0 Å². The fraction of sp³-hybridized carbons (Fsp3) is 0.371.